The van der Waals surface area contributed by atoms with Crippen LogP contribution in [0, 0.1) is 0 Å². The third-order valence-corrected chi connectivity index (χ3v) is 5.20. The zero-order valence-corrected chi connectivity index (χ0v) is 14.9. The number of halogens is 2. The van der Waals surface area contributed by atoms with Crippen molar-refractivity contribution in [3.63, 3.8) is 0 Å². The Balaban J connectivity index is 1.54. The van der Waals surface area contributed by atoms with Crippen LogP contribution in [0.15, 0.2) is 58.3 Å². The molecule has 5 nitrogen and oxygen atoms in total. The first-order valence-electron chi connectivity index (χ1n) is 7.60. The standard InChI is InChI=1S/C17H12F2N4OS2/c18-17(19)24-13-3-1-2-11(8-13)9-26-15-5-4-14-20-21-16(23(14)22-15)12-6-7-25-10-12/h1-8,10,17H,9H2. The summed E-state index contributed by atoms with van der Waals surface area (Å²) in [5.41, 5.74) is 2.51. The van der Waals surface area contributed by atoms with Crippen molar-refractivity contribution in [2.45, 2.75) is 17.4 Å². The molecule has 132 valence electrons. The predicted octanol–water partition coefficient (Wildman–Crippen LogP) is 4.75. The Kier molecular flexibility index (Phi) is 4.81. The molecule has 0 saturated heterocycles. The highest BCUT2D eigenvalue weighted by Gasteiger charge is 2.11. The molecule has 26 heavy (non-hydrogen) atoms. The Morgan fingerprint density at radius 3 is 2.88 bits per heavy atom. The Labute approximate surface area is 155 Å². The summed E-state index contributed by atoms with van der Waals surface area (Å²) in [7, 11) is 0. The van der Waals surface area contributed by atoms with Gasteiger partial charge in [0.2, 0.25) is 0 Å². The van der Waals surface area contributed by atoms with Crippen LogP contribution in [0.1, 0.15) is 5.56 Å². The lowest BCUT2D eigenvalue weighted by molar-refractivity contribution is -0.0498. The number of thioether (sulfide) groups is 1. The molecule has 0 amide bonds. The van der Waals surface area contributed by atoms with E-state index in [9.17, 15) is 8.78 Å². The summed E-state index contributed by atoms with van der Waals surface area (Å²) in [6.45, 7) is -2.83. The first-order valence-corrected chi connectivity index (χ1v) is 9.53. The lowest BCUT2D eigenvalue weighted by Crippen LogP contribution is -2.02. The molecular formula is C17H12F2N4OS2. The van der Waals surface area contributed by atoms with E-state index in [0.29, 0.717) is 17.2 Å². The molecule has 0 spiro atoms. The lowest BCUT2D eigenvalue weighted by atomic mass is 10.2. The zero-order chi connectivity index (χ0) is 17.9. The van der Waals surface area contributed by atoms with Gasteiger partial charge in [0, 0.05) is 16.7 Å². The number of nitrogens with zero attached hydrogens (tertiary/aromatic N) is 4. The number of hydrogen-bond acceptors (Lipinski definition) is 6. The maximum Gasteiger partial charge on any atom is 0.387 e. The van der Waals surface area contributed by atoms with Crippen LogP contribution in [0.3, 0.4) is 0 Å². The molecule has 0 N–H and O–H groups in total. The first kappa shape index (κ1) is 16.9. The number of rotatable bonds is 6. The molecule has 0 fully saturated rings. The van der Waals surface area contributed by atoms with Gasteiger partial charge in [0.05, 0.1) is 0 Å². The van der Waals surface area contributed by atoms with Crippen molar-refractivity contribution in [1.29, 1.82) is 0 Å². The second-order valence-corrected chi connectivity index (χ2v) is 7.07. The van der Waals surface area contributed by atoms with E-state index >= 15 is 0 Å². The smallest absolute Gasteiger partial charge is 0.387 e. The third-order valence-electron chi connectivity index (χ3n) is 3.53. The van der Waals surface area contributed by atoms with Gasteiger partial charge in [-0.1, -0.05) is 23.9 Å². The molecule has 9 heteroatoms. The second-order valence-electron chi connectivity index (χ2n) is 5.29. The van der Waals surface area contributed by atoms with Crippen LogP contribution < -0.4 is 4.74 Å². The molecule has 3 aromatic heterocycles. The Morgan fingerprint density at radius 2 is 2.08 bits per heavy atom. The van der Waals surface area contributed by atoms with E-state index in [1.165, 1.54) is 17.8 Å². The topological polar surface area (TPSA) is 52.3 Å². The molecular weight excluding hydrogens is 378 g/mol. The fraction of sp³-hybridized carbons (Fsp3) is 0.118. The molecule has 4 rings (SSSR count). The van der Waals surface area contributed by atoms with E-state index in [1.807, 2.05) is 35.0 Å². The van der Waals surface area contributed by atoms with Crippen molar-refractivity contribution in [2.75, 3.05) is 0 Å². The number of hydrogen-bond donors (Lipinski definition) is 0. The highest BCUT2D eigenvalue weighted by Crippen LogP contribution is 2.26. The van der Waals surface area contributed by atoms with Gasteiger partial charge in [-0.3, -0.25) is 0 Å². The van der Waals surface area contributed by atoms with Crippen LogP contribution in [-0.4, -0.2) is 26.4 Å². The maximum absolute atomic E-state index is 12.3. The van der Waals surface area contributed by atoms with Crippen molar-refractivity contribution in [3.05, 3.63) is 58.8 Å². The van der Waals surface area contributed by atoms with Crippen LogP contribution in [0.4, 0.5) is 8.78 Å². The highest BCUT2D eigenvalue weighted by molar-refractivity contribution is 7.98. The SMILES string of the molecule is FC(F)Oc1cccc(CSc2ccc3nnc(-c4ccsc4)n3n2)c1. The van der Waals surface area contributed by atoms with Crippen LogP contribution in [0.5, 0.6) is 5.75 Å². The number of alkyl halides is 2. The number of ether oxygens (including phenoxy) is 1. The second kappa shape index (κ2) is 7.38. The summed E-state index contributed by atoms with van der Waals surface area (Å²) in [5.74, 6) is 1.42. The lowest BCUT2D eigenvalue weighted by Gasteiger charge is -2.07. The molecule has 0 bridgehead atoms. The minimum atomic E-state index is -2.83. The fourth-order valence-electron chi connectivity index (χ4n) is 2.39. The van der Waals surface area contributed by atoms with Crippen molar-refractivity contribution in [1.82, 2.24) is 19.8 Å². The van der Waals surface area contributed by atoms with E-state index in [2.05, 4.69) is 20.0 Å². The zero-order valence-electron chi connectivity index (χ0n) is 13.3. The third kappa shape index (κ3) is 3.68. The highest BCUT2D eigenvalue weighted by atomic mass is 32.2. The number of fused-ring (bicyclic) bond motifs is 1. The Bertz CT molecular complexity index is 1020. The molecule has 0 saturated carbocycles. The molecule has 0 unspecified atom stereocenters. The van der Waals surface area contributed by atoms with Gasteiger partial charge >= 0.3 is 6.61 Å². The van der Waals surface area contributed by atoms with Crippen molar-refractivity contribution < 1.29 is 13.5 Å². The van der Waals surface area contributed by atoms with Gasteiger partial charge in [-0.2, -0.15) is 29.7 Å². The van der Waals surface area contributed by atoms with Crippen molar-refractivity contribution >= 4 is 28.7 Å². The molecule has 0 aliphatic rings. The molecule has 0 radical (unpaired) electrons. The van der Waals surface area contributed by atoms with Crippen LogP contribution in [-0.2, 0) is 5.75 Å². The van der Waals surface area contributed by atoms with Gasteiger partial charge in [0.25, 0.3) is 0 Å². The summed E-state index contributed by atoms with van der Waals surface area (Å²) in [6.07, 6.45) is 0. The van der Waals surface area contributed by atoms with E-state index < -0.39 is 6.61 Å². The summed E-state index contributed by atoms with van der Waals surface area (Å²) in [6, 6.07) is 12.4. The van der Waals surface area contributed by atoms with Gasteiger partial charge in [0.1, 0.15) is 10.8 Å². The van der Waals surface area contributed by atoms with E-state index in [4.69, 9.17) is 0 Å². The molecule has 0 aliphatic heterocycles. The predicted molar refractivity (Wildman–Crippen MR) is 96.7 cm³/mol. The molecule has 1 aromatic carbocycles. The summed E-state index contributed by atoms with van der Waals surface area (Å²) in [4.78, 5) is 0. The Morgan fingerprint density at radius 1 is 1.15 bits per heavy atom. The average molecular weight is 390 g/mol. The Hall–Kier alpha value is -2.52. The van der Waals surface area contributed by atoms with Crippen LogP contribution >= 0.6 is 23.1 Å². The number of benzene rings is 1. The first-order chi connectivity index (χ1) is 12.7. The van der Waals surface area contributed by atoms with Gasteiger partial charge < -0.3 is 4.74 Å². The fourth-order valence-corrected chi connectivity index (χ4v) is 3.82. The molecule has 0 aliphatic carbocycles. The van der Waals surface area contributed by atoms with Gasteiger partial charge in [-0.05, 0) is 41.3 Å². The molecule has 3 heterocycles. The van der Waals surface area contributed by atoms with Crippen LogP contribution in [0.25, 0.3) is 17.0 Å². The summed E-state index contributed by atoms with van der Waals surface area (Å²) >= 11 is 3.08. The van der Waals surface area contributed by atoms with E-state index in [-0.39, 0.29) is 5.75 Å². The van der Waals surface area contributed by atoms with Gasteiger partial charge in [-0.15, -0.1) is 10.2 Å². The minimum Gasteiger partial charge on any atom is -0.435 e. The number of aromatic nitrogens is 4. The minimum absolute atomic E-state index is 0.153. The quantitative estimate of drug-likeness (QED) is 0.445. The van der Waals surface area contributed by atoms with Crippen LogP contribution in [0.2, 0.25) is 0 Å². The monoisotopic (exact) mass is 390 g/mol. The largest absolute Gasteiger partial charge is 0.435 e. The summed E-state index contributed by atoms with van der Waals surface area (Å²) < 4.78 is 30.8. The van der Waals surface area contributed by atoms with Gasteiger partial charge in [-0.25, -0.2) is 0 Å². The normalized spacial score (nSPS) is 11.3. The maximum atomic E-state index is 12.3. The average Bonchev–Trinajstić information content (AvgIpc) is 3.28. The van der Waals surface area contributed by atoms with E-state index in [0.717, 1.165) is 16.2 Å². The molecule has 4 aromatic rings. The molecule has 0 atom stereocenters. The number of thiophene rings is 1. The van der Waals surface area contributed by atoms with Crippen molar-refractivity contribution in [3.8, 4) is 17.1 Å². The van der Waals surface area contributed by atoms with Crippen molar-refractivity contribution in [2.24, 2.45) is 0 Å². The van der Waals surface area contributed by atoms with Gasteiger partial charge in [0.15, 0.2) is 11.5 Å². The van der Waals surface area contributed by atoms with E-state index in [1.54, 1.807) is 28.0 Å². The summed E-state index contributed by atoms with van der Waals surface area (Å²) in [5, 5.41) is 17.7.